The van der Waals surface area contributed by atoms with Gasteiger partial charge in [-0.3, -0.25) is 4.79 Å². The number of benzene rings is 1. The van der Waals surface area contributed by atoms with Gasteiger partial charge in [0.05, 0.1) is 12.7 Å². The van der Waals surface area contributed by atoms with Gasteiger partial charge in [-0.1, -0.05) is 5.46 Å². The minimum Gasteiger partial charge on any atom is -0.496 e. The summed E-state index contributed by atoms with van der Waals surface area (Å²) in [7, 11) is 3.14. The minimum atomic E-state index is -0.540. The number of halogens is 1. The largest absolute Gasteiger partial charge is 0.496 e. The summed E-state index contributed by atoms with van der Waals surface area (Å²) in [6.07, 6.45) is 0.452. The van der Waals surface area contributed by atoms with E-state index in [1.807, 2.05) is 0 Å². The number of methoxy groups -OCH3 is 1. The Hall–Kier alpha value is -1.32. The first-order valence-electron chi connectivity index (χ1n) is 3.48. The maximum absolute atomic E-state index is 13.0. The van der Waals surface area contributed by atoms with Gasteiger partial charge in [-0.15, -0.1) is 0 Å². The van der Waals surface area contributed by atoms with E-state index in [9.17, 15) is 9.18 Å². The smallest absolute Gasteiger partial charge is 0.156 e. The van der Waals surface area contributed by atoms with Crippen LogP contribution in [0.5, 0.6) is 5.75 Å². The van der Waals surface area contributed by atoms with Gasteiger partial charge >= 0.3 is 0 Å². The first-order valence-corrected chi connectivity index (χ1v) is 3.48. The molecule has 1 rings (SSSR count). The standard InChI is InChI=1S/C8H8BFO2/c1-12-8-3-5(9)2-7(10)6(8)4-11/h2-4H,9H2,1H3. The van der Waals surface area contributed by atoms with Crippen LogP contribution < -0.4 is 10.2 Å². The Kier molecular flexibility index (Phi) is 2.48. The summed E-state index contributed by atoms with van der Waals surface area (Å²) in [6.45, 7) is 0. The molecule has 1 aromatic rings. The van der Waals surface area contributed by atoms with E-state index < -0.39 is 5.82 Å². The number of hydrogen-bond acceptors (Lipinski definition) is 2. The number of hydrogen-bond donors (Lipinski definition) is 0. The van der Waals surface area contributed by atoms with E-state index in [0.29, 0.717) is 6.29 Å². The van der Waals surface area contributed by atoms with E-state index in [0.717, 1.165) is 5.46 Å². The van der Waals surface area contributed by atoms with Crippen molar-refractivity contribution in [2.24, 2.45) is 0 Å². The van der Waals surface area contributed by atoms with Gasteiger partial charge in [0, 0.05) is 0 Å². The van der Waals surface area contributed by atoms with E-state index in [-0.39, 0.29) is 11.3 Å². The third-order valence-electron chi connectivity index (χ3n) is 1.57. The van der Waals surface area contributed by atoms with E-state index in [2.05, 4.69) is 0 Å². The highest BCUT2D eigenvalue weighted by Gasteiger charge is 2.08. The monoisotopic (exact) mass is 166 g/mol. The van der Waals surface area contributed by atoms with Gasteiger partial charge in [-0.05, 0) is 12.1 Å². The molecule has 0 amide bonds. The molecule has 62 valence electrons. The zero-order chi connectivity index (χ0) is 9.14. The molecule has 0 bridgehead atoms. The number of aldehydes is 1. The van der Waals surface area contributed by atoms with Gasteiger partial charge in [0.1, 0.15) is 19.4 Å². The summed E-state index contributed by atoms with van der Waals surface area (Å²) >= 11 is 0. The first kappa shape index (κ1) is 8.78. The van der Waals surface area contributed by atoms with Gasteiger partial charge in [-0.25, -0.2) is 4.39 Å². The predicted molar refractivity (Wildman–Crippen MR) is 46.5 cm³/mol. The summed E-state index contributed by atoms with van der Waals surface area (Å²) in [5.74, 6) is -0.260. The Bertz CT molecular complexity index is 312. The molecule has 0 N–H and O–H groups in total. The Labute approximate surface area is 70.8 Å². The van der Waals surface area contributed by atoms with Gasteiger partial charge in [-0.2, -0.15) is 0 Å². The molecular weight excluding hydrogens is 158 g/mol. The fourth-order valence-corrected chi connectivity index (χ4v) is 1.00. The summed E-state index contributed by atoms with van der Waals surface area (Å²) < 4.78 is 17.8. The van der Waals surface area contributed by atoms with Crippen LogP contribution in [0.15, 0.2) is 12.1 Å². The van der Waals surface area contributed by atoms with Crippen LogP contribution in [-0.2, 0) is 0 Å². The fraction of sp³-hybridized carbons (Fsp3) is 0.125. The van der Waals surface area contributed by atoms with Gasteiger partial charge < -0.3 is 4.74 Å². The lowest BCUT2D eigenvalue weighted by Crippen LogP contribution is -2.07. The van der Waals surface area contributed by atoms with Crippen molar-refractivity contribution in [2.45, 2.75) is 0 Å². The molecule has 0 aliphatic heterocycles. The zero-order valence-electron chi connectivity index (χ0n) is 6.93. The topological polar surface area (TPSA) is 26.3 Å². The molecule has 0 aliphatic carbocycles. The molecule has 0 atom stereocenters. The van der Waals surface area contributed by atoms with E-state index in [1.54, 1.807) is 13.9 Å². The van der Waals surface area contributed by atoms with Gasteiger partial charge in [0.25, 0.3) is 0 Å². The molecule has 0 unspecified atom stereocenters. The van der Waals surface area contributed by atoms with Gasteiger partial charge in [0.2, 0.25) is 0 Å². The van der Waals surface area contributed by atoms with E-state index in [4.69, 9.17) is 4.74 Å². The van der Waals surface area contributed by atoms with Crippen LogP contribution in [0.2, 0.25) is 0 Å². The second-order valence-electron chi connectivity index (χ2n) is 2.48. The molecular formula is C8H8BFO2. The van der Waals surface area contributed by atoms with Crippen LogP contribution in [0.3, 0.4) is 0 Å². The lowest BCUT2D eigenvalue weighted by atomic mass is 9.94. The Balaban J connectivity index is 3.33. The molecule has 0 saturated carbocycles. The van der Waals surface area contributed by atoms with Crippen molar-refractivity contribution in [1.29, 1.82) is 0 Å². The summed E-state index contributed by atoms with van der Waals surface area (Å²) in [5.41, 5.74) is 0.707. The average Bonchev–Trinajstić information content (AvgIpc) is 2.03. The lowest BCUT2D eigenvalue weighted by molar-refractivity contribution is 0.111. The molecule has 4 heteroatoms. The number of ether oxygens (including phenoxy) is 1. The van der Waals surface area contributed by atoms with Crippen LogP contribution in [0.1, 0.15) is 10.4 Å². The highest BCUT2D eigenvalue weighted by atomic mass is 19.1. The highest BCUT2D eigenvalue weighted by Crippen LogP contribution is 2.16. The van der Waals surface area contributed by atoms with Crippen molar-refractivity contribution in [3.8, 4) is 5.75 Å². The second-order valence-corrected chi connectivity index (χ2v) is 2.48. The molecule has 0 heterocycles. The summed E-state index contributed by atoms with van der Waals surface area (Å²) in [6, 6.07) is 2.92. The Morgan fingerprint density at radius 3 is 2.75 bits per heavy atom. The minimum absolute atomic E-state index is 0.0249. The molecule has 0 radical (unpaired) electrons. The molecule has 12 heavy (non-hydrogen) atoms. The van der Waals surface area contributed by atoms with Crippen LogP contribution in [-0.4, -0.2) is 21.2 Å². The van der Waals surface area contributed by atoms with Crippen LogP contribution >= 0.6 is 0 Å². The average molecular weight is 166 g/mol. The number of carbonyl (C=O) groups is 1. The van der Waals surface area contributed by atoms with Crippen LogP contribution in [0, 0.1) is 5.82 Å². The Morgan fingerprint density at radius 1 is 1.58 bits per heavy atom. The van der Waals surface area contributed by atoms with Crippen LogP contribution in [0.25, 0.3) is 0 Å². The lowest BCUT2D eigenvalue weighted by Gasteiger charge is -2.05. The van der Waals surface area contributed by atoms with Gasteiger partial charge in [0.15, 0.2) is 6.29 Å². The zero-order valence-corrected chi connectivity index (χ0v) is 6.93. The molecule has 2 nitrogen and oxygen atoms in total. The van der Waals surface area contributed by atoms with Crippen molar-refractivity contribution >= 4 is 19.6 Å². The normalized spacial score (nSPS) is 9.50. The molecule has 0 spiro atoms. The maximum atomic E-state index is 13.0. The molecule has 0 aromatic heterocycles. The maximum Gasteiger partial charge on any atom is 0.156 e. The third kappa shape index (κ3) is 1.47. The van der Waals surface area contributed by atoms with Crippen molar-refractivity contribution in [3.05, 3.63) is 23.5 Å². The van der Waals surface area contributed by atoms with Crippen molar-refractivity contribution in [3.63, 3.8) is 0 Å². The van der Waals surface area contributed by atoms with Crippen molar-refractivity contribution < 1.29 is 13.9 Å². The molecule has 0 fully saturated rings. The predicted octanol–water partition coefficient (Wildman–Crippen LogP) is -0.0948. The van der Waals surface area contributed by atoms with E-state index in [1.165, 1.54) is 13.2 Å². The summed E-state index contributed by atoms with van der Waals surface area (Å²) in [4.78, 5) is 10.4. The number of rotatable bonds is 2. The van der Waals surface area contributed by atoms with Crippen molar-refractivity contribution in [1.82, 2.24) is 0 Å². The highest BCUT2D eigenvalue weighted by molar-refractivity contribution is 6.32. The molecule has 1 aromatic carbocycles. The van der Waals surface area contributed by atoms with E-state index >= 15 is 0 Å². The Morgan fingerprint density at radius 2 is 2.25 bits per heavy atom. The fourth-order valence-electron chi connectivity index (χ4n) is 1.00. The number of carbonyl (C=O) groups excluding carboxylic acids is 1. The van der Waals surface area contributed by atoms with Crippen LogP contribution in [0.4, 0.5) is 4.39 Å². The molecule has 0 saturated heterocycles. The first-order chi connectivity index (χ1) is 5.69. The van der Waals surface area contributed by atoms with Crippen molar-refractivity contribution in [2.75, 3.05) is 7.11 Å². The summed E-state index contributed by atoms with van der Waals surface area (Å²) in [5, 5.41) is 0. The second kappa shape index (κ2) is 3.39. The SMILES string of the molecule is Bc1cc(F)c(C=O)c(OC)c1. The quantitative estimate of drug-likeness (QED) is 0.453. The molecule has 0 aliphatic rings. The third-order valence-corrected chi connectivity index (χ3v) is 1.57.